The monoisotopic (exact) mass is 249 g/mol. The van der Waals surface area contributed by atoms with E-state index >= 15 is 0 Å². The number of fused-ring (bicyclic) bond motifs is 1. The Hall–Kier alpha value is -1.13. The summed E-state index contributed by atoms with van der Waals surface area (Å²) in [5, 5.41) is 1.13. The van der Waals surface area contributed by atoms with Gasteiger partial charge >= 0.3 is 0 Å². The van der Waals surface area contributed by atoms with Gasteiger partial charge in [0.05, 0.1) is 16.7 Å². The average molecular weight is 249 g/mol. The highest BCUT2D eigenvalue weighted by Crippen LogP contribution is 2.28. The Labute approximate surface area is 105 Å². The maximum absolute atomic E-state index is 5.84. The van der Waals surface area contributed by atoms with Crippen molar-refractivity contribution in [2.24, 2.45) is 5.92 Å². The summed E-state index contributed by atoms with van der Waals surface area (Å²) in [6, 6.07) is 8.20. The van der Waals surface area contributed by atoms with Gasteiger partial charge in [-0.15, -0.1) is 0 Å². The van der Waals surface area contributed by atoms with E-state index in [0.717, 1.165) is 43.9 Å². The summed E-state index contributed by atoms with van der Waals surface area (Å²) in [6.45, 7) is 2.49. The Morgan fingerprint density at radius 2 is 2.12 bits per heavy atom. The summed E-state index contributed by atoms with van der Waals surface area (Å²) in [5.74, 6) is 1.40. The molecule has 1 aromatic heterocycles. The normalized spacial score (nSPS) is 17.4. The molecule has 1 aliphatic heterocycles. The van der Waals surface area contributed by atoms with E-state index in [2.05, 4.69) is 16.5 Å². The molecule has 2 heterocycles. The summed E-state index contributed by atoms with van der Waals surface area (Å²) in [6.07, 6.45) is 2.20. The molecule has 17 heavy (non-hydrogen) atoms. The van der Waals surface area contributed by atoms with Gasteiger partial charge in [0.2, 0.25) is 5.88 Å². The molecule has 3 nitrogen and oxygen atoms in total. The highest BCUT2D eigenvalue weighted by Gasteiger charge is 2.15. The predicted molar refractivity (Wildman–Crippen MR) is 68.7 cm³/mol. The van der Waals surface area contributed by atoms with Crippen molar-refractivity contribution in [1.82, 2.24) is 4.37 Å². The van der Waals surface area contributed by atoms with Crippen LogP contribution in [0.1, 0.15) is 12.8 Å². The van der Waals surface area contributed by atoms with E-state index in [9.17, 15) is 0 Å². The summed E-state index contributed by atoms with van der Waals surface area (Å²) in [5.41, 5.74) is 0. The molecule has 0 aliphatic carbocycles. The summed E-state index contributed by atoms with van der Waals surface area (Å²) < 4.78 is 16.7. The van der Waals surface area contributed by atoms with Crippen LogP contribution in [0.15, 0.2) is 24.3 Å². The van der Waals surface area contributed by atoms with Gasteiger partial charge in [-0.3, -0.25) is 0 Å². The number of aromatic nitrogens is 1. The van der Waals surface area contributed by atoms with Crippen LogP contribution < -0.4 is 4.74 Å². The number of hydrogen-bond donors (Lipinski definition) is 0. The molecule has 3 rings (SSSR count). The zero-order chi connectivity index (χ0) is 11.5. The van der Waals surface area contributed by atoms with Gasteiger partial charge in [-0.2, -0.15) is 4.37 Å². The average Bonchev–Trinajstić information content (AvgIpc) is 2.81. The van der Waals surface area contributed by atoms with E-state index < -0.39 is 0 Å². The minimum atomic E-state index is 0.615. The summed E-state index contributed by atoms with van der Waals surface area (Å²) in [7, 11) is 0. The molecule has 1 aromatic carbocycles. The molecule has 1 fully saturated rings. The van der Waals surface area contributed by atoms with Crippen LogP contribution in [0.4, 0.5) is 0 Å². The maximum Gasteiger partial charge on any atom is 0.233 e. The molecule has 1 aliphatic rings. The minimum Gasteiger partial charge on any atom is -0.476 e. The number of hydrogen-bond acceptors (Lipinski definition) is 4. The second kappa shape index (κ2) is 5.02. The molecule has 0 saturated carbocycles. The van der Waals surface area contributed by atoms with Crippen LogP contribution >= 0.6 is 11.5 Å². The van der Waals surface area contributed by atoms with Gasteiger partial charge in [-0.25, -0.2) is 0 Å². The van der Waals surface area contributed by atoms with Crippen molar-refractivity contribution in [2.75, 3.05) is 19.8 Å². The van der Waals surface area contributed by atoms with Crippen molar-refractivity contribution >= 4 is 21.6 Å². The zero-order valence-corrected chi connectivity index (χ0v) is 10.4. The molecule has 0 bridgehead atoms. The van der Waals surface area contributed by atoms with Crippen LogP contribution in [0, 0.1) is 5.92 Å². The summed E-state index contributed by atoms with van der Waals surface area (Å²) >= 11 is 1.50. The number of rotatable bonds is 3. The first-order chi connectivity index (χ1) is 8.43. The predicted octanol–water partition coefficient (Wildman–Crippen LogP) is 3.10. The van der Waals surface area contributed by atoms with E-state index in [1.807, 2.05) is 12.1 Å². The zero-order valence-electron chi connectivity index (χ0n) is 9.59. The van der Waals surface area contributed by atoms with Crippen molar-refractivity contribution < 1.29 is 9.47 Å². The van der Waals surface area contributed by atoms with Crippen LogP contribution in [0.5, 0.6) is 5.88 Å². The van der Waals surface area contributed by atoms with Crippen molar-refractivity contribution in [1.29, 1.82) is 0 Å². The first-order valence-electron chi connectivity index (χ1n) is 5.98. The van der Waals surface area contributed by atoms with Crippen LogP contribution in [0.25, 0.3) is 10.1 Å². The van der Waals surface area contributed by atoms with Gasteiger partial charge in [-0.05, 0) is 42.4 Å². The van der Waals surface area contributed by atoms with Crippen molar-refractivity contribution in [2.45, 2.75) is 12.8 Å². The lowest BCUT2D eigenvalue weighted by Gasteiger charge is -2.21. The Morgan fingerprint density at radius 3 is 3.00 bits per heavy atom. The van der Waals surface area contributed by atoms with Gasteiger partial charge in [0.1, 0.15) is 0 Å². The molecule has 4 heteroatoms. The first kappa shape index (κ1) is 11.0. The molecule has 2 aromatic rings. The van der Waals surface area contributed by atoms with Crippen LogP contribution in [0.2, 0.25) is 0 Å². The molecule has 1 saturated heterocycles. The third-order valence-electron chi connectivity index (χ3n) is 3.14. The molecule has 0 N–H and O–H groups in total. The Balaban J connectivity index is 1.68. The largest absolute Gasteiger partial charge is 0.476 e. The Morgan fingerprint density at radius 1 is 1.29 bits per heavy atom. The van der Waals surface area contributed by atoms with E-state index in [1.165, 1.54) is 16.2 Å². The fourth-order valence-electron chi connectivity index (χ4n) is 2.08. The molecule has 0 radical (unpaired) electrons. The van der Waals surface area contributed by atoms with E-state index in [-0.39, 0.29) is 0 Å². The molecule has 90 valence electrons. The fourth-order valence-corrected chi connectivity index (χ4v) is 2.80. The Bertz CT molecular complexity index is 491. The molecule has 0 unspecified atom stereocenters. The standard InChI is InChI=1S/C13H15NO2S/c1-2-4-12-11(3-1)13(14-17-12)16-9-10-5-7-15-8-6-10/h1-4,10H,5-9H2. The quantitative estimate of drug-likeness (QED) is 0.837. The van der Waals surface area contributed by atoms with Gasteiger partial charge in [-0.1, -0.05) is 12.1 Å². The van der Waals surface area contributed by atoms with Gasteiger partial charge in [0, 0.05) is 13.2 Å². The SMILES string of the molecule is c1ccc2c(OCC3CCOCC3)nsc2c1. The van der Waals surface area contributed by atoms with Crippen LogP contribution in [-0.2, 0) is 4.74 Å². The molecular formula is C13H15NO2S. The third-order valence-corrected chi connectivity index (χ3v) is 3.95. The summed E-state index contributed by atoms with van der Waals surface area (Å²) in [4.78, 5) is 0. The van der Waals surface area contributed by atoms with Gasteiger partial charge in [0.15, 0.2) is 0 Å². The number of ether oxygens (including phenoxy) is 2. The van der Waals surface area contributed by atoms with Crippen LogP contribution in [-0.4, -0.2) is 24.2 Å². The van der Waals surface area contributed by atoms with E-state index in [0.29, 0.717) is 5.92 Å². The van der Waals surface area contributed by atoms with Gasteiger partial charge in [0.25, 0.3) is 0 Å². The van der Waals surface area contributed by atoms with Crippen LogP contribution in [0.3, 0.4) is 0 Å². The minimum absolute atomic E-state index is 0.615. The van der Waals surface area contributed by atoms with E-state index in [1.54, 1.807) is 0 Å². The topological polar surface area (TPSA) is 31.4 Å². The maximum atomic E-state index is 5.84. The number of nitrogens with zero attached hydrogens (tertiary/aromatic N) is 1. The lowest BCUT2D eigenvalue weighted by Crippen LogP contribution is -2.21. The lowest BCUT2D eigenvalue weighted by molar-refractivity contribution is 0.0494. The van der Waals surface area contributed by atoms with Crippen molar-refractivity contribution in [3.8, 4) is 5.88 Å². The Kier molecular flexibility index (Phi) is 3.25. The molecular weight excluding hydrogens is 234 g/mol. The molecule has 0 spiro atoms. The second-order valence-electron chi connectivity index (χ2n) is 4.35. The van der Waals surface area contributed by atoms with Crippen molar-refractivity contribution in [3.05, 3.63) is 24.3 Å². The highest BCUT2D eigenvalue weighted by molar-refractivity contribution is 7.13. The second-order valence-corrected chi connectivity index (χ2v) is 5.16. The highest BCUT2D eigenvalue weighted by atomic mass is 32.1. The van der Waals surface area contributed by atoms with Crippen molar-refractivity contribution in [3.63, 3.8) is 0 Å². The lowest BCUT2D eigenvalue weighted by atomic mass is 10.0. The number of benzene rings is 1. The third kappa shape index (κ3) is 2.42. The molecule has 0 amide bonds. The van der Waals surface area contributed by atoms with E-state index in [4.69, 9.17) is 9.47 Å². The smallest absolute Gasteiger partial charge is 0.233 e. The fraction of sp³-hybridized carbons (Fsp3) is 0.462. The van der Waals surface area contributed by atoms with Gasteiger partial charge < -0.3 is 9.47 Å². The first-order valence-corrected chi connectivity index (χ1v) is 6.76. The molecule has 0 atom stereocenters.